The van der Waals surface area contributed by atoms with Crippen LogP contribution in [0.3, 0.4) is 0 Å². The summed E-state index contributed by atoms with van der Waals surface area (Å²) in [5.74, 6) is -0.0320. The summed E-state index contributed by atoms with van der Waals surface area (Å²) >= 11 is 0. The van der Waals surface area contributed by atoms with Gasteiger partial charge in [-0.05, 0) is 13.8 Å². The summed E-state index contributed by atoms with van der Waals surface area (Å²) < 4.78 is 0. The second-order valence-corrected chi connectivity index (χ2v) is 3.13. The first-order chi connectivity index (χ1) is 5.02. The van der Waals surface area contributed by atoms with Crippen molar-refractivity contribution >= 4 is 5.91 Å². The molecule has 0 saturated heterocycles. The van der Waals surface area contributed by atoms with Gasteiger partial charge in [0.2, 0.25) is 5.91 Å². The van der Waals surface area contributed by atoms with Gasteiger partial charge in [-0.2, -0.15) is 0 Å². The minimum absolute atomic E-state index is 0.0320. The number of carbonyl (C=O) groups is 1. The Hall–Kier alpha value is -0.830. The average Bonchev–Trinajstić information content (AvgIpc) is 1.87. The first kappa shape index (κ1) is 10.2. The highest BCUT2D eigenvalue weighted by molar-refractivity contribution is 5.78. The first-order valence-corrected chi connectivity index (χ1v) is 3.64. The van der Waals surface area contributed by atoms with E-state index in [4.69, 9.17) is 5.73 Å². The van der Waals surface area contributed by atoms with E-state index in [1.807, 2.05) is 13.8 Å². The fourth-order valence-electron chi connectivity index (χ4n) is 0.611. The molecule has 0 aromatic heterocycles. The third kappa shape index (κ3) is 4.56. The van der Waals surface area contributed by atoms with Crippen molar-refractivity contribution in [3.05, 3.63) is 12.7 Å². The summed E-state index contributed by atoms with van der Waals surface area (Å²) in [4.78, 5) is 11.0. The quantitative estimate of drug-likeness (QED) is 0.579. The Morgan fingerprint density at radius 3 is 2.64 bits per heavy atom. The summed E-state index contributed by atoms with van der Waals surface area (Å²) in [6.07, 6.45) is 1.92. The standard InChI is InChI=1S/C8H16N2O/c1-4-5-7(11)10-8(2,3)6-9/h4H,1,5-6,9H2,2-3H3,(H,10,11). The van der Waals surface area contributed by atoms with Crippen molar-refractivity contribution in [2.75, 3.05) is 6.54 Å². The van der Waals surface area contributed by atoms with Crippen molar-refractivity contribution in [1.29, 1.82) is 0 Å². The molecule has 0 aliphatic carbocycles. The predicted octanol–water partition coefficient (Wildman–Crippen LogP) is 0.416. The Kier molecular flexibility index (Phi) is 3.82. The lowest BCUT2D eigenvalue weighted by Crippen LogP contribution is -2.48. The topological polar surface area (TPSA) is 55.1 Å². The Morgan fingerprint density at radius 2 is 2.27 bits per heavy atom. The molecule has 64 valence electrons. The molecule has 0 bridgehead atoms. The van der Waals surface area contributed by atoms with Crippen LogP contribution in [0.15, 0.2) is 12.7 Å². The smallest absolute Gasteiger partial charge is 0.224 e. The molecule has 0 heterocycles. The van der Waals surface area contributed by atoms with Crippen LogP contribution in [0.1, 0.15) is 20.3 Å². The van der Waals surface area contributed by atoms with E-state index in [2.05, 4.69) is 11.9 Å². The van der Waals surface area contributed by atoms with E-state index in [-0.39, 0.29) is 11.4 Å². The average molecular weight is 156 g/mol. The van der Waals surface area contributed by atoms with Crippen molar-refractivity contribution in [3.8, 4) is 0 Å². The lowest BCUT2D eigenvalue weighted by atomic mass is 10.1. The van der Waals surface area contributed by atoms with Crippen LogP contribution in [0, 0.1) is 0 Å². The number of rotatable bonds is 4. The van der Waals surface area contributed by atoms with Gasteiger partial charge in [-0.1, -0.05) is 6.08 Å². The molecule has 0 radical (unpaired) electrons. The van der Waals surface area contributed by atoms with Gasteiger partial charge in [0.1, 0.15) is 0 Å². The molecular weight excluding hydrogens is 140 g/mol. The summed E-state index contributed by atoms with van der Waals surface area (Å²) in [5, 5.41) is 2.77. The molecule has 0 atom stereocenters. The van der Waals surface area contributed by atoms with Crippen LogP contribution in [-0.2, 0) is 4.79 Å². The van der Waals surface area contributed by atoms with E-state index in [1.54, 1.807) is 6.08 Å². The van der Waals surface area contributed by atoms with E-state index in [0.29, 0.717) is 13.0 Å². The fraction of sp³-hybridized carbons (Fsp3) is 0.625. The number of hydrogen-bond donors (Lipinski definition) is 2. The van der Waals surface area contributed by atoms with Crippen LogP contribution >= 0.6 is 0 Å². The Bertz CT molecular complexity index is 152. The van der Waals surface area contributed by atoms with Crippen molar-refractivity contribution < 1.29 is 4.79 Å². The number of nitrogens with two attached hydrogens (primary N) is 1. The Morgan fingerprint density at radius 1 is 1.73 bits per heavy atom. The van der Waals surface area contributed by atoms with Crippen molar-refractivity contribution in [1.82, 2.24) is 5.32 Å². The summed E-state index contributed by atoms with van der Waals surface area (Å²) in [5.41, 5.74) is 5.10. The van der Waals surface area contributed by atoms with Gasteiger partial charge in [0.25, 0.3) is 0 Å². The van der Waals surface area contributed by atoms with Crippen LogP contribution < -0.4 is 11.1 Å². The lowest BCUT2D eigenvalue weighted by molar-refractivity contribution is -0.121. The third-order valence-corrected chi connectivity index (χ3v) is 1.32. The van der Waals surface area contributed by atoms with E-state index >= 15 is 0 Å². The third-order valence-electron chi connectivity index (χ3n) is 1.32. The number of nitrogens with one attached hydrogen (secondary N) is 1. The normalized spacial score (nSPS) is 10.8. The van der Waals surface area contributed by atoms with Crippen molar-refractivity contribution in [3.63, 3.8) is 0 Å². The van der Waals surface area contributed by atoms with Gasteiger partial charge in [0.15, 0.2) is 0 Å². The lowest BCUT2D eigenvalue weighted by Gasteiger charge is -2.23. The van der Waals surface area contributed by atoms with Crippen LogP contribution in [-0.4, -0.2) is 18.0 Å². The predicted molar refractivity (Wildman–Crippen MR) is 46.1 cm³/mol. The first-order valence-electron chi connectivity index (χ1n) is 3.64. The van der Waals surface area contributed by atoms with Crippen molar-refractivity contribution in [2.24, 2.45) is 5.73 Å². The Balaban J connectivity index is 3.82. The maximum absolute atomic E-state index is 11.0. The molecule has 0 spiro atoms. The van der Waals surface area contributed by atoms with E-state index < -0.39 is 0 Å². The van der Waals surface area contributed by atoms with E-state index in [0.717, 1.165) is 0 Å². The molecule has 3 nitrogen and oxygen atoms in total. The number of carbonyl (C=O) groups excluding carboxylic acids is 1. The Labute approximate surface area is 67.7 Å². The maximum Gasteiger partial charge on any atom is 0.224 e. The maximum atomic E-state index is 11.0. The molecule has 3 heteroatoms. The van der Waals surface area contributed by atoms with Gasteiger partial charge >= 0.3 is 0 Å². The fourth-order valence-corrected chi connectivity index (χ4v) is 0.611. The molecule has 0 saturated carbocycles. The molecule has 1 amide bonds. The molecule has 0 unspecified atom stereocenters. The van der Waals surface area contributed by atoms with Crippen molar-refractivity contribution in [2.45, 2.75) is 25.8 Å². The minimum atomic E-state index is -0.305. The molecule has 0 aliphatic rings. The molecule has 0 fully saturated rings. The molecule has 11 heavy (non-hydrogen) atoms. The second kappa shape index (κ2) is 4.13. The van der Waals surface area contributed by atoms with Crippen LogP contribution in [0.2, 0.25) is 0 Å². The van der Waals surface area contributed by atoms with Crippen LogP contribution in [0.25, 0.3) is 0 Å². The zero-order chi connectivity index (χ0) is 8.91. The molecule has 0 aromatic rings. The van der Waals surface area contributed by atoms with Gasteiger partial charge in [0.05, 0.1) is 0 Å². The summed E-state index contributed by atoms with van der Waals surface area (Å²) in [6, 6.07) is 0. The summed E-state index contributed by atoms with van der Waals surface area (Å²) in [7, 11) is 0. The van der Waals surface area contributed by atoms with Gasteiger partial charge < -0.3 is 11.1 Å². The van der Waals surface area contributed by atoms with E-state index in [9.17, 15) is 4.79 Å². The highest BCUT2D eigenvalue weighted by Gasteiger charge is 2.16. The highest BCUT2D eigenvalue weighted by Crippen LogP contribution is 1.98. The monoisotopic (exact) mass is 156 g/mol. The molecule has 3 N–H and O–H groups in total. The summed E-state index contributed by atoms with van der Waals surface area (Å²) in [6.45, 7) is 7.67. The highest BCUT2D eigenvalue weighted by atomic mass is 16.1. The number of hydrogen-bond acceptors (Lipinski definition) is 2. The number of amides is 1. The van der Waals surface area contributed by atoms with Crippen LogP contribution in [0.4, 0.5) is 0 Å². The molecule has 0 aliphatic heterocycles. The van der Waals surface area contributed by atoms with Gasteiger partial charge in [-0.3, -0.25) is 4.79 Å². The zero-order valence-electron chi connectivity index (χ0n) is 7.18. The minimum Gasteiger partial charge on any atom is -0.350 e. The SMILES string of the molecule is C=CCC(=O)NC(C)(C)CN. The van der Waals surface area contributed by atoms with Gasteiger partial charge in [-0.25, -0.2) is 0 Å². The van der Waals surface area contributed by atoms with Crippen LogP contribution in [0.5, 0.6) is 0 Å². The molecule has 0 rings (SSSR count). The van der Waals surface area contributed by atoms with E-state index in [1.165, 1.54) is 0 Å². The second-order valence-electron chi connectivity index (χ2n) is 3.13. The van der Waals surface area contributed by atoms with Gasteiger partial charge in [-0.15, -0.1) is 6.58 Å². The zero-order valence-corrected chi connectivity index (χ0v) is 7.18. The molecular formula is C8H16N2O. The largest absolute Gasteiger partial charge is 0.350 e. The van der Waals surface area contributed by atoms with Gasteiger partial charge in [0, 0.05) is 18.5 Å². The molecule has 0 aromatic carbocycles.